The Morgan fingerprint density at radius 2 is 1.27 bits per heavy atom. The van der Waals surface area contributed by atoms with Crippen LogP contribution in [0.2, 0.25) is 0 Å². The zero-order valence-corrected chi connectivity index (χ0v) is 12.8. The van der Waals surface area contributed by atoms with Crippen LogP contribution in [0.1, 0.15) is 6.92 Å². The number of amides is 4. The van der Waals surface area contributed by atoms with Gasteiger partial charge in [0.05, 0.1) is 26.2 Å². The second kappa shape index (κ2) is 12.4. The van der Waals surface area contributed by atoms with Crippen LogP contribution in [0, 0.1) is 0 Å². The van der Waals surface area contributed by atoms with Crippen molar-refractivity contribution in [1.29, 1.82) is 0 Å². The lowest BCUT2D eigenvalue weighted by atomic mass is 10.4. The van der Waals surface area contributed by atoms with Crippen molar-refractivity contribution in [2.75, 3.05) is 46.4 Å². The van der Waals surface area contributed by atoms with Gasteiger partial charge in [-0.15, -0.1) is 0 Å². The number of ether oxygens (including phenoxy) is 1. The number of rotatable bonds is 10. The molecule has 0 spiro atoms. The summed E-state index contributed by atoms with van der Waals surface area (Å²) in [6.07, 6.45) is -0.553. The molecule has 10 nitrogen and oxygen atoms in total. The van der Waals surface area contributed by atoms with Crippen molar-refractivity contribution in [3.8, 4) is 0 Å². The molecule has 0 heterocycles. The number of likely N-dealkylation sites (N-methyl/N-ethyl adjacent to an activating group) is 1. The van der Waals surface area contributed by atoms with Crippen LogP contribution in [0.3, 0.4) is 0 Å². The average Bonchev–Trinajstić information content (AvgIpc) is 2.48. The van der Waals surface area contributed by atoms with E-state index < -0.39 is 17.9 Å². The van der Waals surface area contributed by atoms with E-state index >= 15 is 0 Å². The number of alkyl carbamates (subject to hydrolysis) is 1. The largest absolute Gasteiger partial charge is 0.450 e. The maximum atomic E-state index is 11.4. The minimum absolute atomic E-state index is 0.112. The molecular formula is C12H23N5O5. The summed E-state index contributed by atoms with van der Waals surface area (Å²) in [5, 5.41) is 12.3. The van der Waals surface area contributed by atoms with Gasteiger partial charge in [0.25, 0.3) is 0 Å². The zero-order chi connectivity index (χ0) is 16.8. The number of hydrogen-bond acceptors (Lipinski definition) is 6. The highest BCUT2D eigenvalue weighted by atomic mass is 16.5. The highest BCUT2D eigenvalue weighted by Gasteiger charge is 2.07. The normalized spacial score (nSPS) is 9.55. The predicted octanol–water partition coefficient (Wildman–Crippen LogP) is -2.70. The SMILES string of the molecule is CCOC(=O)NCCNC(=O)CNC(=O)CNC(=O)CNC. The van der Waals surface area contributed by atoms with Crippen LogP contribution < -0.4 is 26.6 Å². The standard InChI is InChI=1S/C12H23N5O5/c1-3-22-12(21)15-5-4-14-10(19)7-17-11(20)8-16-9(18)6-13-2/h13H,3-8H2,1-2H3,(H,14,19)(H,15,21)(H,16,18)(H,17,20). The summed E-state index contributed by atoms with van der Waals surface area (Å²) in [5.74, 6) is -1.18. The highest BCUT2D eigenvalue weighted by molar-refractivity contribution is 5.88. The van der Waals surface area contributed by atoms with Gasteiger partial charge in [0, 0.05) is 13.1 Å². The summed E-state index contributed by atoms with van der Waals surface area (Å²) in [4.78, 5) is 44.8. The third-order valence-corrected chi connectivity index (χ3v) is 2.22. The summed E-state index contributed by atoms with van der Waals surface area (Å²) in [5.41, 5.74) is 0. The van der Waals surface area contributed by atoms with E-state index in [4.69, 9.17) is 0 Å². The monoisotopic (exact) mass is 317 g/mol. The number of carbonyl (C=O) groups is 4. The van der Waals surface area contributed by atoms with E-state index in [0.29, 0.717) is 0 Å². The Balaban J connectivity index is 3.61. The maximum Gasteiger partial charge on any atom is 0.407 e. The van der Waals surface area contributed by atoms with Crippen LogP contribution in [0.5, 0.6) is 0 Å². The van der Waals surface area contributed by atoms with Gasteiger partial charge in [-0.05, 0) is 14.0 Å². The van der Waals surface area contributed by atoms with Gasteiger partial charge in [-0.3, -0.25) is 14.4 Å². The Labute approximate surface area is 128 Å². The van der Waals surface area contributed by atoms with E-state index in [0.717, 1.165) is 0 Å². The molecule has 0 aliphatic rings. The molecule has 0 aromatic rings. The van der Waals surface area contributed by atoms with Gasteiger partial charge in [-0.2, -0.15) is 0 Å². The van der Waals surface area contributed by atoms with Gasteiger partial charge in [0.15, 0.2) is 0 Å². The fourth-order valence-corrected chi connectivity index (χ4v) is 1.25. The van der Waals surface area contributed by atoms with Gasteiger partial charge >= 0.3 is 6.09 Å². The Morgan fingerprint density at radius 1 is 0.773 bits per heavy atom. The first-order valence-corrected chi connectivity index (χ1v) is 6.84. The molecule has 0 bridgehead atoms. The molecular weight excluding hydrogens is 294 g/mol. The Bertz CT molecular complexity index is 388. The van der Waals surface area contributed by atoms with Gasteiger partial charge in [-0.1, -0.05) is 0 Å². The van der Waals surface area contributed by atoms with E-state index in [2.05, 4.69) is 31.3 Å². The van der Waals surface area contributed by atoms with Crippen molar-refractivity contribution in [3.05, 3.63) is 0 Å². The van der Waals surface area contributed by atoms with Crippen LogP contribution in [-0.2, 0) is 19.1 Å². The van der Waals surface area contributed by atoms with Crippen molar-refractivity contribution >= 4 is 23.8 Å². The van der Waals surface area contributed by atoms with Crippen molar-refractivity contribution in [1.82, 2.24) is 26.6 Å². The topological polar surface area (TPSA) is 138 Å². The van der Waals surface area contributed by atoms with Crippen LogP contribution in [0.25, 0.3) is 0 Å². The third-order valence-electron chi connectivity index (χ3n) is 2.22. The fourth-order valence-electron chi connectivity index (χ4n) is 1.25. The fraction of sp³-hybridized carbons (Fsp3) is 0.667. The van der Waals surface area contributed by atoms with Crippen molar-refractivity contribution in [3.63, 3.8) is 0 Å². The summed E-state index contributed by atoms with van der Waals surface area (Å²) in [6, 6.07) is 0. The average molecular weight is 317 g/mol. The van der Waals surface area contributed by atoms with Gasteiger partial charge < -0.3 is 31.3 Å². The van der Waals surface area contributed by atoms with E-state index in [-0.39, 0.29) is 45.2 Å². The molecule has 0 aliphatic heterocycles. The molecule has 0 unspecified atom stereocenters. The van der Waals surface area contributed by atoms with E-state index in [1.807, 2.05) is 0 Å². The number of nitrogens with one attached hydrogen (secondary N) is 5. The summed E-state index contributed by atoms with van der Waals surface area (Å²) in [7, 11) is 1.61. The Kier molecular flexibility index (Phi) is 11.1. The van der Waals surface area contributed by atoms with Gasteiger partial charge in [0.1, 0.15) is 0 Å². The molecule has 22 heavy (non-hydrogen) atoms. The second-order valence-electron chi connectivity index (χ2n) is 4.08. The van der Waals surface area contributed by atoms with Gasteiger partial charge in [-0.25, -0.2) is 4.79 Å². The summed E-state index contributed by atoms with van der Waals surface area (Å²) in [6.45, 7) is 2.10. The quantitative estimate of drug-likeness (QED) is 0.278. The first-order valence-electron chi connectivity index (χ1n) is 6.84. The lowest BCUT2D eigenvalue weighted by Crippen LogP contribution is -2.44. The zero-order valence-electron chi connectivity index (χ0n) is 12.8. The minimum Gasteiger partial charge on any atom is -0.450 e. The summed E-state index contributed by atoms with van der Waals surface area (Å²) >= 11 is 0. The predicted molar refractivity (Wildman–Crippen MR) is 78.0 cm³/mol. The first kappa shape index (κ1) is 19.6. The molecule has 0 fully saturated rings. The molecule has 0 saturated carbocycles. The van der Waals surface area contributed by atoms with Crippen molar-refractivity contribution < 1.29 is 23.9 Å². The lowest BCUT2D eigenvalue weighted by Gasteiger charge is -2.08. The maximum absolute atomic E-state index is 11.4. The van der Waals surface area contributed by atoms with Crippen molar-refractivity contribution in [2.45, 2.75) is 6.92 Å². The molecule has 0 atom stereocenters. The molecule has 10 heteroatoms. The van der Waals surface area contributed by atoms with Crippen LogP contribution >= 0.6 is 0 Å². The third kappa shape index (κ3) is 11.5. The first-order chi connectivity index (χ1) is 10.5. The van der Waals surface area contributed by atoms with Crippen molar-refractivity contribution in [2.24, 2.45) is 0 Å². The molecule has 4 amide bonds. The van der Waals surface area contributed by atoms with E-state index in [1.54, 1.807) is 14.0 Å². The molecule has 0 saturated heterocycles. The van der Waals surface area contributed by atoms with Crippen LogP contribution in [-0.4, -0.2) is 70.2 Å². The number of carbonyl (C=O) groups excluding carboxylic acids is 4. The second-order valence-corrected chi connectivity index (χ2v) is 4.08. The lowest BCUT2D eigenvalue weighted by molar-refractivity contribution is -0.127. The molecule has 5 N–H and O–H groups in total. The minimum atomic E-state index is -0.553. The number of hydrogen-bond donors (Lipinski definition) is 5. The Hall–Kier alpha value is -2.36. The molecule has 0 aliphatic carbocycles. The summed E-state index contributed by atoms with van der Waals surface area (Å²) < 4.78 is 4.63. The van der Waals surface area contributed by atoms with E-state index in [1.165, 1.54) is 0 Å². The molecule has 0 aromatic carbocycles. The smallest absolute Gasteiger partial charge is 0.407 e. The van der Waals surface area contributed by atoms with E-state index in [9.17, 15) is 19.2 Å². The van der Waals surface area contributed by atoms with Gasteiger partial charge in [0.2, 0.25) is 17.7 Å². The van der Waals surface area contributed by atoms with Crippen LogP contribution in [0.15, 0.2) is 0 Å². The Morgan fingerprint density at radius 3 is 1.82 bits per heavy atom. The molecule has 0 rings (SSSR count). The highest BCUT2D eigenvalue weighted by Crippen LogP contribution is 1.75. The molecule has 0 radical (unpaired) electrons. The van der Waals surface area contributed by atoms with Crippen LogP contribution in [0.4, 0.5) is 4.79 Å². The molecule has 0 aromatic heterocycles. The molecule has 126 valence electrons.